The second-order valence-corrected chi connectivity index (χ2v) is 4.08. The molecule has 0 aliphatic carbocycles. The standard InChI is InChI=1S/C10H4Cl2F2N2O2/c11-5-3-4(1-2-6(5)13)16-9(17)7(14)8(12)15-10(16)18/h1-3H,(H,15,18). The molecule has 2 aromatic rings. The Morgan fingerprint density at radius 2 is 1.83 bits per heavy atom. The summed E-state index contributed by atoms with van der Waals surface area (Å²) in [5.41, 5.74) is -2.26. The lowest BCUT2D eigenvalue weighted by Crippen LogP contribution is -2.35. The van der Waals surface area contributed by atoms with E-state index in [0.717, 1.165) is 18.2 Å². The average molecular weight is 293 g/mol. The molecule has 1 aromatic carbocycles. The molecule has 8 heteroatoms. The third kappa shape index (κ3) is 2.04. The van der Waals surface area contributed by atoms with Crippen LogP contribution in [-0.4, -0.2) is 9.55 Å². The molecule has 1 heterocycles. The van der Waals surface area contributed by atoms with Gasteiger partial charge in [0, 0.05) is 0 Å². The number of nitrogens with one attached hydrogen (secondary N) is 1. The molecule has 2 rings (SSSR count). The number of H-pyrrole nitrogens is 1. The number of benzene rings is 1. The van der Waals surface area contributed by atoms with Gasteiger partial charge in [-0.1, -0.05) is 23.2 Å². The molecule has 1 aromatic heterocycles. The molecule has 1 N–H and O–H groups in total. The summed E-state index contributed by atoms with van der Waals surface area (Å²) in [6, 6.07) is 3.10. The van der Waals surface area contributed by atoms with Crippen LogP contribution in [0, 0.1) is 11.6 Å². The predicted octanol–water partition coefficient (Wildman–Crippen LogP) is 2.11. The minimum atomic E-state index is -1.31. The van der Waals surface area contributed by atoms with Gasteiger partial charge in [-0.05, 0) is 18.2 Å². The number of halogens is 4. The van der Waals surface area contributed by atoms with E-state index in [9.17, 15) is 18.4 Å². The summed E-state index contributed by atoms with van der Waals surface area (Å²) in [6.45, 7) is 0. The van der Waals surface area contributed by atoms with Crippen LogP contribution in [-0.2, 0) is 0 Å². The Morgan fingerprint density at radius 3 is 2.44 bits per heavy atom. The van der Waals surface area contributed by atoms with Crippen LogP contribution in [0.5, 0.6) is 0 Å². The minimum absolute atomic E-state index is 0.0665. The number of nitrogens with zero attached hydrogens (tertiary/aromatic N) is 1. The van der Waals surface area contributed by atoms with Gasteiger partial charge in [0.15, 0.2) is 5.15 Å². The SMILES string of the molecule is O=c1[nH]c(Cl)c(F)c(=O)n1-c1ccc(F)c(Cl)c1. The third-order valence-electron chi connectivity index (χ3n) is 2.16. The Bertz CT molecular complexity index is 740. The number of aromatic amines is 1. The Kier molecular flexibility index (Phi) is 3.23. The molecule has 18 heavy (non-hydrogen) atoms. The zero-order chi connectivity index (χ0) is 13.4. The van der Waals surface area contributed by atoms with Gasteiger partial charge in [-0.2, -0.15) is 4.39 Å². The van der Waals surface area contributed by atoms with E-state index in [4.69, 9.17) is 23.2 Å². The fourth-order valence-corrected chi connectivity index (χ4v) is 1.68. The smallest absolute Gasteiger partial charge is 0.295 e. The zero-order valence-corrected chi connectivity index (χ0v) is 10.0. The van der Waals surface area contributed by atoms with E-state index < -0.39 is 28.0 Å². The van der Waals surface area contributed by atoms with Crippen molar-refractivity contribution in [2.45, 2.75) is 0 Å². The van der Waals surface area contributed by atoms with Gasteiger partial charge in [-0.3, -0.25) is 9.78 Å². The lowest BCUT2D eigenvalue weighted by Gasteiger charge is -2.05. The van der Waals surface area contributed by atoms with E-state index in [-0.39, 0.29) is 10.7 Å². The Morgan fingerprint density at radius 1 is 1.17 bits per heavy atom. The fraction of sp³-hybridized carbons (Fsp3) is 0. The van der Waals surface area contributed by atoms with E-state index >= 15 is 0 Å². The molecule has 4 nitrogen and oxygen atoms in total. The quantitative estimate of drug-likeness (QED) is 0.819. The Hall–Kier alpha value is -1.66. The van der Waals surface area contributed by atoms with Gasteiger partial charge in [0.05, 0.1) is 10.7 Å². The van der Waals surface area contributed by atoms with Gasteiger partial charge in [-0.25, -0.2) is 13.8 Å². The normalized spacial score (nSPS) is 10.7. The number of rotatable bonds is 1. The summed E-state index contributed by atoms with van der Waals surface area (Å²) in [5, 5.41) is -0.983. The van der Waals surface area contributed by atoms with Crippen molar-refractivity contribution in [1.82, 2.24) is 9.55 Å². The average Bonchev–Trinajstić information content (AvgIpc) is 2.31. The Labute approximate surface area is 108 Å². The van der Waals surface area contributed by atoms with Crippen molar-refractivity contribution in [2.75, 3.05) is 0 Å². The molecular weight excluding hydrogens is 289 g/mol. The van der Waals surface area contributed by atoms with Crippen LogP contribution in [0.1, 0.15) is 0 Å². The van der Waals surface area contributed by atoms with Crippen LogP contribution < -0.4 is 11.2 Å². The van der Waals surface area contributed by atoms with Crippen molar-refractivity contribution in [2.24, 2.45) is 0 Å². The summed E-state index contributed by atoms with van der Waals surface area (Å²) in [6.07, 6.45) is 0. The minimum Gasteiger partial charge on any atom is -0.295 e. The van der Waals surface area contributed by atoms with Gasteiger partial charge < -0.3 is 0 Å². The summed E-state index contributed by atoms with van der Waals surface area (Å²) < 4.78 is 26.7. The lowest BCUT2D eigenvalue weighted by atomic mass is 10.3. The zero-order valence-electron chi connectivity index (χ0n) is 8.51. The molecule has 94 valence electrons. The molecule has 0 atom stereocenters. The Balaban J connectivity index is 2.80. The maximum atomic E-state index is 13.3. The van der Waals surface area contributed by atoms with Crippen molar-refractivity contribution < 1.29 is 8.78 Å². The molecule has 0 amide bonds. The number of aromatic nitrogens is 2. The summed E-state index contributed by atoms with van der Waals surface area (Å²) in [4.78, 5) is 25.0. The highest BCUT2D eigenvalue weighted by Gasteiger charge is 2.14. The molecule has 0 saturated carbocycles. The highest BCUT2D eigenvalue weighted by atomic mass is 35.5. The van der Waals surface area contributed by atoms with Gasteiger partial charge in [-0.15, -0.1) is 0 Å². The van der Waals surface area contributed by atoms with Crippen molar-refractivity contribution in [1.29, 1.82) is 0 Å². The number of hydrogen-bond acceptors (Lipinski definition) is 2. The monoisotopic (exact) mass is 292 g/mol. The van der Waals surface area contributed by atoms with E-state index in [1.54, 1.807) is 0 Å². The van der Waals surface area contributed by atoms with Crippen molar-refractivity contribution >= 4 is 23.2 Å². The molecule has 0 aliphatic heterocycles. The highest BCUT2D eigenvalue weighted by molar-refractivity contribution is 6.31. The van der Waals surface area contributed by atoms with Crippen LogP contribution in [0.3, 0.4) is 0 Å². The molecule has 0 aliphatic rings. The first-order valence-electron chi connectivity index (χ1n) is 4.57. The third-order valence-corrected chi connectivity index (χ3v) is 2.71. The maximum Gasteiger partial charge on any atom is 0.334 e. The summed E-state index contributed by atoms with van der Waals surface area (Å²) in [7, 11) is 0. The molecule has 0 saturated heterocycles. The lowest BCUT2D eigenvalue weighted by molar-refractivity contribution is 0.584. The van der Waals surface area contributed by atoms with Gasteiger partial charge >= 0.3 is 5.69 Å². The first-order valence-corrected chi connectivity index (χ1v) is 5.33. The van der Waals surface area contributed by atoms with Gasteiger partial charge in [0.25, 0.3) is 5.56 Å². The first kappa shape index (κ1) is 12.8. The number of hydrogen-bond donors (Lipinski definition) is 1. The molecule has 0 radical (unpaired) electrons. The predicted molar refractivity (Wildman–Crippen MR) is 62.6 cm³/mol. The van der Waals surface area contributed by atoms with Crippen molar-refractivity contribution in [3.63, 3.8) is 0 Å². The largest absolute Gasteiger partial charge is 0.334 e. The van der Waals surface area contributed by atoms with E-state index in [2.05, 4.69) is 0 Å². The van der Waals surface area contributed by atoms with E-state index in [1.165, 1.54) is 0 Å². The second-order valence-electron chi connectivity index (χ2n) is 3.30. The van der Waals surface area contributed by atoms with Crippen molar-refractivity contribution in [3.8, 4) is 5.69 Å². The van der Waals surface area contributed by atoms with Crippen LogP contribution >= 0.6 is 23.2 Å². The summed E-state index contributed by atoms with van der Waals surface area (Å²) in [5.74, 6) is -2.03. The van der Waals surface area contributed by atoms with Crippen LogP contribution in [0.2, 0.25) is 10.2 Å². The molecule has 0 bridgehead atoms. The van der Waals surface area contributed by atoms with Crippen LogP contribution in [0.25, 0.3) is 5.69 Å². The molecular formula is C10H4Cl2F2N2O2. The van der Waals surface area contributed by atoms with Crippen molar-refractivity contribution in [3.05, 3.63) is 60.8 Å². The summed E-state index contributed by atoms with van der Waals surface area (Å²) >= 11 is 10.8. The second kappa shape index (κ2) is 4.55. The van der Waals surface area contributed by atoms with E-state index in [1.807, 2.05) is 4.98 Å². The first-order chi connectivity index (χ1) is 8.41. The maximum absolute atomic E-state index is 13.3. The van der Waals surface area contributed by atoms with Gasteiger partial charge in [0.2, 0.25) is 5.82 Å². The van der Waals surface area contributed by atoms with Gasteiger partial charge in [0.1, 0.15) is 5.82 Å². The topological polar surface area (TPSA) is 54.9 Å². The molecule has 0 unspecified atom stereocenters. The highest BCUT2D eigenvalue weighted by Crippen LogP contribution is 2.17. The van der Waals surface area contributed by atoms with Crippen LogP contribution in [0.4, 0.5) is 8.78 Å². The molecule has 0 spiro atoms. The van der Waals surface area contributed by atoms with E-state index in [0.29, 0.717) is 4.57 Å². The molecule has 0 fully saturated rings. The fourth-order valence-electron chi connectivity index (χ4n) is 1.35. The van der Waals surface area contributed by atoms with Crippen LogP contribution in [0.15, 0.2) is 27.8 Å².